The van der Waals surface area contributed by atoms with Crippen LogP contribution in [0.1, 0.15) is 34.3 Å². The fraction of sp³-hybridized carbons (Fsp3) is 0.148. The molecule has 0 fully saturated rings. The van der Waals surface area contributed by atoms with Crippen LogP contribution in [-0.2, 0) is 16.0 Å². The van der Waals surface area contributed by atoms with Gasteiger partial charge in [-0.25, -0.2) is 14.6 Å². The monoisotopic (exact) mass is 629 g/mol. The summed E-state index contributed by atoms with van der Waals surface area (Å²) in [7, 11) is 0. The Balaban J connectivity index is 1.31. The molecule has 11 nitrogen and oxygen atoms in total. The molecule has 6 rings (SSSR count). The Morgan fingerprint density at radius 3 is 2.60 bits per heavy atom. The van der Waals surface area contributed by atoms with Crippen LogP contribution in [0.2, 0.25) is 10.0 Å². The number of H-pyrrole nitrogens is 1. The average Bonchev–Trinajstić information content (AvgIpc) is 3.74. The van der Waals surface area contributed by atoms with E-state index < -0.39 is 24.2 Å². The summed E-state index contributed by atoms with van der Waals surface area (Å²) in [6.45, 7) is 0. The summed E-state index contributed by atoms with van der Waals surface area (Å²) < 4.78 is 44.6. The first-order valence-corrected chi connectivity index (χ1v) is 13.2. The van der Waals surface area contributed by atoms with E-state index in [9.17, 15) is 27.6 Å². The molecule has 2 aromatic carbocycles. The van der Waals surface area contributed by atoms with E-state index in [4.69, 9.17) is 23.2 Å². The highest BCUT2D eigenvalue weighted by molar-refractivity contribution is 6.33. The highest BCUT2D eigenvalue weighted by Crippen LogP contribution is 2.35. The van der Waals surface area contributed by atoms with Crippen LogP contribution < -0.4 is 5.56 Å². The Labute approximate surface area is 248 Å². The number of ether oxygens (including phenoxy) is 1. The molecule has 1 atom stereocenters. The van der Waals surface area contributed by atoms with Crippen LogP contribution in [-0.4, -0.2) is 52.9 Å². The number of rotatable bonds is 5. The number of tetrazole rings is 1. The lowest BCUT2D eigenvalue weighted by molar-refractivity contribution is -0.193. The molecule has 3 aromatic heterocycles. The number of aromatic amines is 1. The maximum atomic E-state index is 13.4. The second kappa shape index (κ2) is 10.8. The molecular formula is C27H16Cl2F3N7O4. The van der Waals surface area contributed by atoms with Gasteiger partial charge in [0.05, 0.1) is 29.2 Å². The summed E-state index contributed by atoms with van der Waals surface area (Å²) in [4.78, 5) is 44.2. The molecule has 0 radical (unpaired) electrons. The van der Waals surface area contributed by atoms with Gasteiger partial charge in [0.15, 0.2) is 0 Å². The van der Waals surface area contributed by atoms with E-state index in [2.05, 4.69) is 30.2 Å². The van der Waals surface area contributed by atoms with Crippen molar-refractivity contribution in [3.8, 4) is 28.1 Å². The van der Waals surface area contributed by atoms with Gasteiger partial charge in [-0.1, -0.05) is 23.2 Å². The second-order valence-electron chi connectivity index (χ2n) is 9.47. The Hall–Kier alpha value is -4.82. The molecule has 1 aliphatic rings. The number of benzene rings is 2. The minimum absolute atomic E-state index is 0.155. The zero-order valence-corrected chi connectivity index (χ0v) is 23.0. The summed E-state index contributed by atoms with van der Waals surface area (Å²) in [6, 6.07) is 11.7. The molecule has 218 valence electrons. The summed E-state index contributed by atoms with van der Waals surface area (Å²) in [5, 5.41) is 11.9. The van der Waals surface area contributed by atoms with Crippen LogP contribution >= 0.6 is 23.2 Å². The molecule has 1 aliphatic heterocycles. The van der Waals surface area contributed by atoms with Crippen molar-refractivity contribution in [1.82, 2.24) is 34.7 Å². The number of aryl methyl sites for hydroxylation is 1. The van der Waals surface area contributed by atoms with Gasteiger partial charge in [-0.3, -0.25) is 4.79 Å². The second-order valence-corrected chi connectivity index (χ2v) is 10.3. The number of pyridine rings is 1. The third-order valence-electron chi connectivity index (χ3n) is 6.82. The van der Waals surface area contributed by atoms with E-state index in [0.29, 0.717) is 46.2 Å². The molecule has 43 heavy (non-hydrogen) atoms. The number of hydrogen-bond donors (Lipinski definition) is 1. The number of alkyl halides is 3. The Morgan fingerprint density at radius 2 is 1.86 bits per heavy atom. The largest absolute Gasteiger partial charge is 0.491 e. The van der Waals surface area contributed by atoms with Gasteiger partial charge in [-0.2, -0.15) is 17.9 Å². The Morgan fingerprint density at radius 1 is 1.05 bits per heavy atom. The van der Waals surface area contributed by atoms with Gasteiger partial charge >= 0.3 is 18.1 Å². The van der Waals surface area contributed by atoms with Crippen molar-refractivity contribution in [1.29, 1.82) is 0 Å². The van der Waals surface area contributed by atoms with Gasteiger partial charge in [0.1, 0.15) is 12.2 Å². The van der Waals surface area contributed by atoms with Crippen molar-refractivity contribution >= 4 is 35.1 Å². The molecule has 0 saturated heterocycles. The summed E-state index contributed by atoms with van der Waals surface area (Å²) in [5.74, 6) is -3.69. The SMILES string of the molecule is O=C(OC(=O)C(F)(F)F)c1ccc(Cl)c(-c2cnc([C@@H]3CCc4cc(-c5cc(Cl)ccc5-n5cnnn5)cc(=O)n43)[nH]2)c1. The van der Waals surface area contributed by atoms with Crippen LogP contribution in [0.25, 0.3) is 28.1 Å². The number of aromatic nitrogens is 7. The van der Waals surface area contributed by atoms with Gasteiger partial charge in [-0.15, -0.1) is 5.10 Å². The molecule has 0 unspecified atom stereocenters. The number of imidazole rings is 1. The minimum atomic E-state index is -5.33. The first-order chi connectivity index (χ1) is 20.5. The van der Waals surface area contributed by atoms with Gasteiger partial charge in [0.2, 0.25) is 0 Å². The van der Waals surface area contributed by atoms with Gasteiger partial charge in [0.25, 0.3) is 5.56 Å². The molecular weight excluding hydrogens is 614 g/mol. The highest BCUT2D eigenvalue weighted by atomic mass is 35.5. The van der Waals surface area contributed by atoms with E-state index in [1.165, 1.54) is 35.4 Å². The number of nitrogens with zero attached hydrogens (tertiary/aromatic N) is 6. The number of halogens is 5. The highest BCUT2D eigenvalue weighted by Gasteiger charge is 2.42. The van der Waals surface area contributed by atoms with Crippen molar-refractivity contribution in [2.24, 2.45) is 0 Å². The first kappa shape index (κ1) is 28.3. The summed E-state index contributed by atoms with van der Waals surface area (Å²) in [5.41, 5.74) is 2.63. The predicted molar refractivity (Wildman–Crippen MR) is 146 cm³/mol. The zero-order chi connectivity index (χ0) is 30.5. The third kappa shape index (κ3) is 5.42. The van der Waals surface area contributed by atoms with E-state index in [-0.39, 0.29) is 21.7 Å². The Bertz CT molecular complexity index is 1950. The number of carbonyl (C=O) groups is 2. The normalized spacial score (nSPS) is 14.5. The van der Waals surface area contributed by atoms with E-state index >= 15 is 0 Å². The topological polar surface area (TPSA) is 138 Å². The van der Waals surface area contributed by atoms with Crippen molar-refractivity contribution in [3.63, 3.8) is 0 Å². The quantitative estimate of drug-likeness (QED) is 0.212. The lowest BCUT2D eigenvalue weighted by Gasteiger charge is -2.15. The fourth-order valence-corrected chi connectivity index (χ4v) is 5.31. The predicted octanol–water partition coefficient (Wildman–Crippen LogP) is 4.97. The van der Waals surface area contributed by atoms with E-state index in [1.54, 1.807) is 22.8 Å². The van der Waals surface area contributed by atoms with Crippen molar-refractivity contribution in [3.05, 3.63) is 98.5 Å². The molecule has 5 aromatic rings. The number of fused-ring (bicyclic) bond motifs is 1. The minimum Gasteiger partial charge on any atom is -0.383 e. The lowest BCUT2D eigenvalue weighted by Crippen LogP contribution is -2.28. The van der Waals surface area contributed by atoms with E-state index in [0.717, 1.165) is 11.8 Å². The zero-order valence-electron chi connectivity index (χ0n) is 21.5. The summed E-state index contributed by atoms with van der Waals surface area (Å²) in [6.07, 6.45) is -1.37. The van der Waals surface area contributed by atoms with Gasteiger partial charge in [0, 0.05) is 32.9 Å². The third-order valence-corrected chi connectivity index (χ3v) is 7.38. The molecule has 16 heteroatoms. The number of esters is 2. The van der Waals surface area contributed by atoms with Crippen LogP contribution in [0, 0.1) is 0 Å². The standard InChI is InChI=1S/C27H16Cl2F3N7O4/c28-15-2-5-21(38-12-34-36-37-38)17(10-15)14-7-16-3-6-22(39(16)23(40)9-14)24-33-11-20(35-24)18-8-13(1-4-19(18)29)25(41)43-26(42)27(30,31)32/h1-2,4-5,7-12,22H,3,6H2,(H,33,35)/t22-/m0/s1. The molecule has 4 heterocycles. The average molecular weight is 630 g/mol. The molecule has 0 aliphatic carbocycles. The molecule has 0 saturated carbocycles. The van der Waals surface area contributed by atoms with Crippen molar-refractivity contribution in [2.45, 2.75) is 25.1 Å². The lowest BCUT2D eigenvalue weighted by atomic mass is 10.0. The molecule has 0 spiro atoms. The van der Waals surface area contributed by atoms with Gasteiger partial charge < -0.3 is 14.3 Å². The molecule has 0 amide bonds. The first-order valence-electron chi connectivity index (χ1n) is 12.5. The van der Waals surface area contributed by atoms with Gasteiger partial charge in [-0.05, 0) is 71.3 Å². The Kier molecular flexibility index (Phi) is 7.10. The number of carbonyl (C=O) groups excluding carboxylic acids is 2. The number of hydrogen-bond acceptors (Lipinski definition) is 8. The maximum absolute atomic E-state index is 13.4. The smallest absolute Gasteiger partial charge is 0.383 e. The molecule has 1 N–H and O–H groups in total. The number of nitrogens with one attached hydrogen (secondary N) is 1. The van der Waals surface area contributed by atoms with Crippen LogP contribution in [0.15, 0.2) is 65.8 Å². The van der Waals surface area contributed by atoms with Crippen molar-refractivity contribution < 1.29 is 27.5 Å². The van der Waals surface area contributed by atoms with Crippen LogP contribution in [0.4, 0.5) is 13.2 Å². The fourth-order valence-electron chi connectivity index (χ4n) is 4.92. The van der Waals surface area contributed by atoms with Crippen molar-refractivity contribution in [2.75, 3.05) is 0 Å². The van der Waals surface area contributed by atoms with Crippen LogP contribution in [0.5, 0.6) is 0 Å². The maximum Gasteiger partial charge on any atom is 0.491 e. The summed E-state index contributed by atoms with van der Waals surface area (Å²) >= 11 is 12.6. The molecule has 0 bridgehead atoms. The van der Waals surface area contributed by atoms with Crippen LogP contribution in [0.3, 0.4) is 0 Å². The van der Waals surface area contributed by atoms with E-state index in [1.807, 2.05) is 6.07 Å².